The van der Waals surface area contributed by atoms with E-state index in [1.54, 1.807) is 0 Å². The van der Waals surface area contributed by atoms with Crippen molar-refractivity contribution in [2.45, 2.75) is 57.0 Å². The van der Waals surface area contributed by atoms with E-state index in [-0.39, 0.29) is 11.5 Å². The van der Waals surface area contributed by atoms with Gasteiger partial charge in [0, 0.05) is 30.9 Å². The second-order valence-electron chi connectivity index (χ2n) is 10.0. The normalized spacial score (nSPS) is 25.4. The number of carbonyl (C=O) groups is 1. The molecule has 2 aliphatic heterocycles. The largest absolute Gasteiger partial charge is 0.308 e. The number of allylic oxidation sites excluding steroid dienone is 2. The molecule has 32 heavy (non-hydrogen) atoms. The zero-order chi connectivity index (χ0) is 21.9. The summed E-state index contributed by atoms with van der Waals surface area (Å²) in [4.78, 5) is 18.5. The summed E-state index contributed by atoms with van der Waals surface area (Å²) in [6, 6.07) is 14.2. The van der Waals surface area contributed by atoms with E-state index >= 15 is 0 Å². The highest BCUT2D eigenvalue weighted by molar-refractivity contribution is 5.93. The Labute approximate surface area is 191 Å². The average Bonchev–Trinajstić information content (AvgIpc) is 3.52. The van der Waals surface area contributed by atoms with Crippen molar-refractivity contribution in [1.29, 1.82) is 0 Å². The van der Waals surface area contributed by atoms with Gasteiger partial charge in [0.2, 0.25) is 5.91 Å². The van der Waals surface area contributed by atoms with Crippen LogP contribution in [0.5, 0.6) is 0 Å². The van der Waals surface area contributed by atoms with Crippen molar-refractivity contribution >= 4 is 16.7 Å². The minimum Gasteiger partial charge on any atom is -0.308 e. The van der Waals surface area contributed by atoms with E-state index in [1.807, 2.05) is 12.2 Å². The van der Waals surface area contributed by atoms with Gasteiger partial charge in [0.1, 0.15) is 0 Å². The zero-order valence-electron chi connectivity index (χ0n) is 18.9. The van der Waals surface area contributed by atoms with E-state index < -0.39 is 0 Å². The van der Waals surface area contributed by atoms with Gasteiger partial charge in [0.05, 0.1) is 5.41 Å². The van der Waals surface area contributed by atoms with Crippen LogP contribution in [0.15, 0.2) is 73.0 Å². The molecule has 6 rings (SSSR count). The number of hydrogen-bond acceptors (Lipinski definition) is 2. The van der Waals surface area contributed by atoms with Crippen LogP contribution in [0.3, 0.4) is 0 Å². The van der Waals surface area contributed by atoms with Gasteiger partial charge in [0.25, 0.3) is 0 Å². The van der Waals surface area contributed by atoms with E-state index in [4.69, 9.17) is 0 Å². The van der Waals surface area contributed by atoms with Crippen molar-refractivity contribution < 1.29 is 4.79 Å². The monoisotopic (exact) mass is 424 g/mol. The topological polar surface area (TPSA) is 23.6 Å². The summed E-state index contributed by atoms with van der Waals surface area (Å²) in [5, 5.41) is 2.83. The molecule has 4 aliphatic rings. The quantitative estimate of drug-likeness (QED) is 0.607. The molecule has 2 aromatic carbocycles. The Balaban J connectivity index is 1.24. The number of likely N-dealkylation sites (tertiary alicyclic amines) is 1. The molecule has 1 unspecified atom stereocenters. The van der Waals surface area contributed by atoms with Gasteiger partial charge in [-0.3, -0.25) is 9.69 Å². The van der Waals surface area contributed by atoms with Crippen LogP contribution >= 0.6 is 0 Å². The summed E-state index contributed by atoms with van der Waals surface area (Å²) in [6.07, 6.45) is 11.2. The summed E-state index contributed by atoms with van der Waals surface area (Å²) in [5.41, 5.74) is 4.80. The Kier molecular flexibility index (Phi) is 4.65. The Bertz CT molecular complexity index is 1140. The maximum absolute atomic E-state index is 13.8. The van der Waals surface area contributed by atoms with Gasteiger partial charge < -0.3 is 4.90 Å². The summed E-state index contributed by atoms with van der Waals surface area (Å²) in [7, 11) is 0. The van der Waals surface area contributed by atoms with E-state index in [0.29, 0.717) is 11.9 Å². The fourth-order valence-corrected chi connectivity index (χ4v) is 7.16. The Morgan fingerprint density at radius 3 is 2.38 bits per heavy atom. The van der Waals surface area contributed by atoms with Crippen molar-refractivity contribution in [3.8, 4) is 0 Å². The number of carbonyl (C=O) groups excluding carboxylic acids is 1. The Hall–Kier alpha value is -2.65. The van der Waals surface area contributed by atoms with Gasteiger partial charge in [-0.1, -0.05) is 68.5 Å². The summed E-state index contributed by atoms with van der Waals surface area (Å²) < 4.78 is 0. The molecule has 0 aromatic heterocycles. The minimum absolute atomic E-state index is 0.265. The second-order valence-corrected chi connectivity index (χ2v) is 10.0. The fraction of sp³-hybridized carbons (Fsp3) is 0.414. The summed E-state index contributed by atoms with van der Waals surface area (Å²) in [6.45, 7) is 10.2. The minimum atomic E-state index is -0.328. The number of amides is 1. The first kappa shape index (κ1) is 20.0. The van der Waals surface area contributed by atoms with Crippen molar-refractivity contribution in [2.75, 3.05) is 13.1 Å². The first-order valence-electron chi connectivity index (χ1n) is 12.3. The molecule has 0 N–H and O–H groups in total. The third-order valence-corrected chi connectivity index (χ3v) is 8.63. The molecule has 164 valence electrons. The van der Waals surface area contributed by atoms with Gasteiger partial charge in [-0.2, -0.15) is 0 Å². The van der Waals surface area contributed by atoms with Crippen molar-refractivity contribution in [3.63, 3.8) is 0 Å². The molecule has 3 heteroatoms. The molecule has 0 bridgehead atoms. The van der Waals surface area contributed by atoms with Crippen molar-refractivity contribution in [3.05, 3.63) is 84.1 Å². The van der Waals surface area contributed by atoms with Crippen molar-refractivity contribution in [1.82, 2.24) is 9.80 Å². The Morgan fingerprint density at radius 2 is 1.69 bits per heavy atom. The fourth-order valence-electron chi connectivity index (χ4n) is 7.16. The molecule has 1 saturated heterocycles. The smallest absolute Gasteiger partial charge is 0.237 e. The first-order chi connectivity index (χ1) is 15.7. The molecule has 3 nitrogen and oxygen atoms in total. The van der Waals surface area contributed by atoms with E-state index in [1.165, 1.54) is 21.9 Å². The third-order valence-electron chi connectivity index (χ3n) is 8.63. The van der Waals surface area contributed by atoms with Crippen LogP contribution in [0, 0.1) is 5.41 Å². The number of benzene rings is 2. The van der Waals surface area contributed by atoms with Crippen LogP contribution in [0.1, 0.15) is 55.7 Å². The predicted molar refractivity (Wildman–Crippen MR) is 130 cm³/mol. The molecule has 1 atom stereocenters. The number of piperidine rings is 1. The second kappa shape index (κ2) is 7.45. The van der Waals surface area contributed by atoms with Crippen LogP contribution in [0.2, 0.25) is 0 Å². The molecular formula is C29H32N2O. The molecular weight excluding hydrogens is 392 g/mol. The van der Waals surface area contributed by atoms with Crippen molar-refractivity contribution in [2.24, 2.45) is 5.41 Å². The van der Waals surface area contributed by atoms with Crippen LogP contribution < -0.4 is 0 Å². The maximum atomic E-state index is 13.8. The molecule has 1 amide bonds. The SMILES string of the molecule is C=CC1=C(C=C)C2(CCCC2)C(=O)N1C1CCN(C2Cc3cccc4cccc2c34)CC1. The molecule has 1 spiro atoms. The van der Waals surface area contributed by atoms with Crippen LogP contribution in [-0.2, 0) is 11.2 Å². The predicted octanol–water partition coefficient (Wildman–Crippen LogP) is 5.93. The van der Waals surface area contributed by atoms with Crippen LogP contribution in [0.25, 0.3) is 10.8 Å². The molecule has 1 saturated carbocycles. The lowest BCUT2D eigenvalue weighted by Crippen LogP contribution is -2.48. The molecule has 2 aliphatic carbocycles. The average molecular weight is 425 g/mol. The molecule has 2 fully saturated rings. The maximum Gasteiger partial charge on any atom is 0.237 e. The summed E-state index contributed by atoms with van der Waals surface area (Å²) >= 11 is 0. The molecule has 2 heterocycles. The standard InChI is InChI=1S/C29H32N2O/c1-3-24-25(4-2)31(28(32)29(24)15-5-6-16-29)22-13-17-30(18-14-22)26-19-21-11-7-9-20-10-8-12-23(26)27(20)21/h3-4,7-12,22,26H,1-2,5-6,13-19H2. The zero-order valence-corrected chi connectivity index (χ0v) is 18.9. The lowest BCUT2D eigenvalue weighted by Gasteiger charge is -2.40. The lowest BCUT2D eigenvalue weighted by atomic mass is 9.79. The molecule has 2 aromatic rings. The highest BCUT2D eigenvalue weighted by Gasteiger charge is 2.53. The molecule has 0 radical (unpaired) electrons. The van der Waals surface area contributed by atoms with Gasteiger partial charge in [0.15, 0.2) is 0 Å². The van der Waals surface area contributed by atoms with Crippen LogP contribution in [0.4, 0.5) is 0 Å². The van der Waals surface area contributed by atoms with Gasteiger partial charge in [-0.25, -0.2) is 0 Å². The van der Waals surface area contributed by atoms with Gasteiger partial charge in [-0.15, -0.1) is 0 Å². The van der Waals surface area contributed by atoms with E-state index in [9.17, 15) is 4.79 Å². The number of hydrogen-bond donors (Lipinski definition) is 0. The van der Waals surface area contributed by atoms with Gasteiger partial charge >= 0.3 is 0 Å². The number of rotatable bonds is 4. The highest BCUT2D eigenvalue weighted by Crippen LogP contribution is 2.53. The third kappa shape index (κ3) is 2.67. The van der Waals surface area contributed by atoms with E-state index in [0.717, 1.165) is 69.3 Å². The lowest BCUT2D eigenvalue weighted by molar-refractivity contribution is -0.137. The van der Waals surface area contributed by atoms with Gasteiger partial charge in [-0.05, 0) is 65.7 Å². The Morgan fingerprint density at radius 1 is 0.969 bits per heavy atom. The summed E-state index contributed by atoms with van der Waals surface area (Å²) in [5.74, 6) is 0.316. The van der Waals surface area contributed by atoms with Crippen LogP contribution in [-0.4, -0.2) is 34.8 Å². The van der Waals surface area contributed by atoms with E-state index in [2.05, 4.69) is 59.4 Å². The number of nitrogens with zero attached hydrogens (tertiary/aromatic N) is 2. The highest BCUT2D eigenvalue weighted by atomic mass is 16.2. The first-order valence-corrected chi connectivity index (χ1v) is 12.3.